The summed E-state index contributed by atoms with van der Waals surface area (Å²) < 4.78 is 0. The van der Waals surface area contributed by atoms with E-state index in [1.165, 1.54) is 33.2 Å². The summed E-state index contributed by atoms with van der Waals surface area (Å²) in [5.41, 5.74) is 9.03. The van der Waals surface area contributed by atoms with Crippen molar-refractivity contribution < 1.29 is 0 Å². The zero-order chi connectivity index (χ0) is 13.0. The zero-order valence-corrected chi connectivity index (χ0v) is 11.2. The Balaban J connectivity index is 2.07. The van der Waals surface area contributed by atoms with Crippen LogP contribution in [0.3, 0.4) is 0 Å². The summed E-state index contributed by atoms with van der Waals surface area (Å²) >= 11 is 0. The lowest BCUT2D eigenvalue weighted by atomic mass is 9.85. The van der Waals surface area contributed by atoms with Gasteiger partial charge in [0, 0.05) is 10.9 Å². The van der Waals surface area contributed by atoms with Gasteiger partial charge in [0.2, 0.25) is 0 Å². The summed E-state index contributed by atoms with van der Waals surface area (Å²) in [7, 11) is 0. The van der Waals surface area contributed by atoms with Crippen LogP contribution >= 0.6 is 0 Å². The Hall–Kier alpha value is -2.15. The minimum Gasteiger partial charge on any atom is -0.247 e. The number of hydrogen-bond acceptors (Lipinski definition) is 1. The molecule has 0 N–H and O–H groups in total. The van der Waals surface area contributed by atoms with Crippen LogP contribution in [0.15, 0.2) is 42.5 Å². The summed E-state index contributed by atoms with van der Waals surface area (Å²) in [5, 5.41) is 1.37. The van der Waals surface area contributed by atoms with Gasteiger partial charge in [-0.2, -0.15) is 0 Å². The first-order valence-electron chi connectivity index (χ1n) is 6.72. The summed E-state index contributed by atoms with van der Waals surface area (Å²) in [5.74, 6) is 0. The topological polar surface area (TPSA) is 12.9 Å². The van der Waals surface area contributed by atoms with Crippen LogP contribution in [0, 0.1) is 13.8 Å². The first-order chi connectivity index (χ1) is 9.24. The van der Waals surface area contributed by atoms with E-state index in [4.69, 9.17) is 4.98 Å². The van der Waals surface area contributed by atoms with Crippen molar-refractivity contribution in [2.75, 3.05) is 0 Å². The van der Waals surface area contributed by atoms with Crippen molar-refractivity contribution in [2.45, 2.75) is 20.3 Å². The van der Waals surface area contributed by atoms with Gasteiger partial charge in [-0.1, -0.05) is 36.4 Å². The summed E-state index contributed by atoms with van der Waals surface area (Å²) in [6, 6.07) is 15.0. The summed E-state index contributed by atoms with van der Waals surface area (Å²) in [6.45, 7) is 4.41. The first kappa shape index (κ1) is 10.7. The average Bonchev–Trinajstić information content (AvgIpc) is 2.42. The minimum absolute atomic E-state index is 1.12. The van der Waals surface area contributed by atoms with Crippen molar-refractivity contribution in [1.82, 2.24) is 4.98 Å². The molecule has 0 spiro atoms. The predicted octanol–water partition coefficient (Wildman–Crippen LogP) is 4.42. The van der Waals surface area contributed by atoms with E-state index in [-0.39, 0.29) is 0 Å². The van der Waals surface area contributed by atoms with E-state index in [1.54, 1.807) is 0 Å². The Morgan fingerprint density at radius 3 is 2.42 bits per heavy atom. The fraction of sp³-hybridized carbons (Fsp3) is 0.167. The zero-order valence-electron chi connectivity index (χ0n) is 11.2. The van der Waals surface area contributed by atoms with Gasteiger partial charge in [-0.05, 0) is 48.6 Å². The van der Waals surface area contributed by atoms with Crippen LogP contribution in [0.2, 0.25) is 0 Å². The van der Waals surface area contributed by atoms with E-state index in [1.807, 2.05) is 6.07 Å². The maximum absolute atomic E-state index is 4.91. The third-order valence-corrected chi connectivity index (χ3v) is 4.23. The number of benzene rings is 2. The molecule has 0 aliphatic heterocycles. The normalized spacial score (nSPS) is 12.5. The van der Waals surface area contributed by atoms with Crippen LogP contribution < -0.4 is 0 Å². The quantitative estimate of drug-likeness (QED) is 0.483. The Kier molecular flexibility index (Phi) is 2.08. The van der Waals surface area contributed by atoms with E-state index in [9.17, 15) is 0 Å². The van der Waals surface area contributed by atoms with E-state index in [2.05, 4.69) is 50.2 Å². The number of aromatic nitrogens is 1. The third-order valence-electron chi connectivity index (χ3n) is 4.23. The van der Waals surface area contributed by atoms with E-state index >= 15 is 0 Å². The molecule has 3 aromatic rings. The largest absolute Gasteiger partial charge is 0.247 e. The number of hydrogen-bond donors (Lipinski definition) is 0. The number of rotatable bonds is 1. The highest BCUT2D eigenvalue weighted by Gasteiger charge is 2.19. The highest BCUT2D eigenvalue weighted by atomic mass is 14.7. The molecule has 0 fully saturated rings. The molecule has 1 heteroatoms. The van der Waals surface area contributed by atoms with Gasteiger partial charge >= 0.3 is 0 Å². The van der Waals surface area contributed by atoms with Crippen LogP contribution in [-0.4, -0.2) is 4.98 Å². The second-order valence-corrected chi connectivity index (χ2v) is 5.40. The summed E-state index contributed by atoms with van der Waals surface area (Å²) in [4.78, 5) is 4.91. The maximum Gasteiger partial charge on any atom is 0.0741 e. The SMILES string of the molecule is Cc1c(-c2ccccc2)nc2cc3cc(c2c1C)C3. The highest BCUT2D eigenvalue weighted by molar-refractivity contribution is 5.92. The van der Waals surface area contributed by atoms with Crippen molar-refractivity contribution in [1.29, 1.82) is 0 Å². The monoisotopic (exact) mass is 245 g/mol. The molecule has 2 aliphatic rings. The Morgan fingerprint density at radius 2 is 1.68 bits per heavy atom. The fourth-order valence-electron chi connectivity index (χ4n) is 3.05. The maximum atomic E-state index is 4.91. The number of nitrogens with zero attached hydrogens (tertiary/aromatic N) is 1. The van der Waals surface area contributed by atoms with Crippen LogP contribution in [0.25, 0.3) is 22.2 Å². The van der Waals surface area contributed by atoms with Crippen molar-refractivity contribution >= 4 is 10.9 Å². The molecular formula is C18H15N. The second kappa shape index (κ2) is 3.67. The molecule has 92 valence electrons. The molecule has 0 radical (unpaired) electrons. The molecule has 5 rings (SSSR count). The third kappa shape index (κ3) is 1.45. The van der Waals surface area contributed by atoms with Crippen molar-refractivity contribution in [3.63, 3.8) is 0 Å². The molecule has 1 aromatic heterocycles. The molecule has 1 nitrogen and oxygen atoms in total. The molecule has 0 saturated carbocycles. The van der Waals surface area contributed by atoms with Crippen LogP contribution in [-0.2, 0) is 6.42 Å². The van der Waals surface area contributed by atoms with Crippen LogP contribution in [0.4, 0.5) is 0 Å². The Morgan fingerprint density at radius 1 is 0.947 bits per heavy atom. The highest BCUT2D eigenvalue weighted by Crippen LogP contribution is 2.36. The average molecular weight is 245 g/mol. The van der Waals surface area contributed by atoms with Gasteiger partial charge in [-0.15, -0.1) is 0 Å². The van der Waals surface area contributed by atoms with Gasteiger partial charge in [0.25, 0.3) is 0 Å². The molecule has 0 saturated heterocycles. The Bertz CT molecular complexity index is 801. The van der Waals surface area contributed by atoms with Crippen LogP contribution in [0.5, 0.6) is 0 Å². The molecule has 0 atom stereocenters. The number of aryl methyl sites for hydroxylation is 1. The van der Waals surface area contributed by atoms with Gasteiger partial charge in [-0.3, -0.25) is 0 Å². The standard InChI is InChI=1S/C18H15N/c1-11-12(2)18(14-6-4-3-5-7-14)19-16-10-13-8-15(9-13)17(11)16/h3-8,10H,9H2,1-2H3. The molecule has 2 aliphatic carbocycles. The van der Waals surface area contributed by atoms with Gasteiger partial charge in [0.1, 0.15) is 0 Å². The van der Waals surface area contributed by atoms with Crippen molar-refractivity contribution in [3.8, 4) is 11.3 Å². The molecule has 19 heavy (non-hydrogen) atoms. The molecule has 2 aromatic carbocycles. The van der Waals surface area contributed by atoms with Crippen molar-refractivity contribution in [2.24, 2.45) is 0 Å². The van der Waals surface area contributed by atoms with Crippen LogP contribution in [0.1, 0.15) is 22.3 Å². The van der Waals surface area contributed by atoms with Gasteiger partial charge < -0.3 is 0 Å². The van der Waals surface area contributed by atoms with Gasteiger partial charge in [0.05, 0.1) is 11.2 Å². The molecule has 1 heterocycles. The van der Waals surface area contributed by atoms with Crippen molar-refractivity contribution in [3.05, 3.63) is 64.7 Å². The second-order valence-electron chi connectivity index (χ2n) is 5.40. The first-order valence-corrected chi connectivity index (χ1v) is 6.72. The Labute approximate surface area is 112 Å². The van der Waals surface area contributed by atoms with E-state index in [0.29, 0.717) is 0 Å². The molecule has 0 amide bonds. The van der Waals surface area contributed by atoms with Gasteiger partial charge in [-0.25, -0.2) is 4.98 Å². The van der Waals surface area contributed by atoms with Gasteiger partial charge in [0.15, 0.2) is 0 Å². The fourth-order valence-corrected chi connectivity index (χ4v) is 3.05. The lowest BCUT2D eigenvalue weighted by Crippen LogP contribution is -2.06. The minimum atomic E-state index is 1.12. The molecule has 2 bridgehead atoms. The predicted molar refractivity (Wildman–Crippen MR) is 79.5 cm³/mol. The van der Waals surface area contributed by atoms with E-state index in [0.717, 1.165) is 17.6 Å². The lowest BCUT2D eigenvalue weighted by Gasteiger charge is -2.21. The number of pyridine rings is 1. The molecular weight excluding hydrogens is 230 g/mol. The summed E-state index contributed by atoms with van der Waals surface area (Å²) in [6.07, 6.45) is 1.12. The molecule has 0 unspecified atom stereocenters. The van der Waals surface area contributed by atoms with E-state index < -0.39 is 0 Å². The lowest BCUT2D eigenvalue weighted by molar-refractivity contribution is 1.10. The smallest absolute Gasteiger partial charge is 0.0741 e.